The van der Waals surface area contributed by atoms with Crippen molar-refractivity contribution >= 4 is 17.5 Å². The average molecular weight is 375 g/mol. The van der Waals surface area contributed by atoms with Crippen LogP contribution in [0.3, 0.4) is 0 Å². The van der Waals surface area contributed by atoms with Gasteiger partial charge in [0.05, 0.1) is 11.4 Å². The second-order valence-electron chi connectivity index (χ2n) is 7.62. The van der Waals surface area contributed by atoms with Crippen molar-refractivity contribution in [2.24, 2.45) is 0 Å². The zero-order valence-corrected chi connectivity index (χ0v) is 15.7. The number of piperidine rings is 1. The highest BCUT2D eigenvalue weighted by atomic mass is 16.6. The van der Waals surface area contributed by atoms with E-state index in [1.54, 1.807) is 12.1 Å². The quantitative estimate of drug-likeness (QED) is 0.701. The highest BCUT2D eigenvalue weighted by molar-refractivity contribution is 5.74. The van der Waals surface area contributed by atoms with Gasteiger partial charge in [0.15, 0.2) is 5.82 Å². The van der Waals surface area contributed by atoms with Crippen LogP contribution in [-0.2, 0) is 4.74 Å². The highest BCUT2D eigenvalue weighted by Crippen LogP contribution is 2.30. The number of hydrogen-bond acceptors (Lipinski definition) is 7. The van der Waals surface area contributed by atoms with Crippen molar-refractivity contribution in [3.63, 3.8) is 0 Å². The first-order chi connectivity index (χ1) is 12.7. The molecule has 1 saturated heterocycles. The lowest BCUT2D eigenvalue weighted by molar-refractivity contribution is 0.0497. The van der Waals surface area contributed by atoms with Crippen molar-refractivity contribution in [2.45, 2.75) is 45.3 Å². The molecular weight excluding hydrogens is 350 g/mol. The van der Waals surface area contributed by atoms with Crippen LogP contribution in [0.15, 0.2) is 27.5 Å². The van der Waals surface area contributed by atoms with Crippen LogP contribution in [0.1, 0.15) is 33.6 Å². The second-order valence-corrected chi connectivity index (χ2v) is 7.62. The zero-order chi connectivity index (χ0) is 19.6. The summed E-state index contributed by atoms with van der Waals surface area (Å²) < 4.78 is 9.87. The molecule has 0 bridgehead atoms. The zero-order valence-electron chi connectivity index (χ0n) is 15.7. The summed E-state index contributed by atoms with van der Waals surface area (Å²) in [4.78, 5) is 27.8. The van der Waals surface area contributed by atoms with Crippen LogP contribution in [0.4, 0.5) is 16.2 Å². The van der Waals surface area contributed by atoms with Crippen molar-refractivity contribution in [2.75, 3.05) is 23.7 Å². The fraction of sp³-hybridized carbons (Fsp3) is 0.500. The average Bonchev–Trinajstić information content (AvgIpc) is 3.01. The largest absolute Gasteiger partial charge is 0.444 e. The molecule has 0 saturated carbocycles. The Hall–Kier alpha value is -2.97. The first-order valence-electron chi connectivity index (χ1n) is 8.91. The monoisotopic (exact) mass is 375 g/mol. The first-order valence-corrected chi connectivity index (χ1v) is 8.91. The van der Waals surface area contributed by atoms with Gasteiger partial charge in [-0.15, -0.1) is 0 Å². The lowest BCUT2D eigenvalue weighted by Crippen LogP contribution is -2.46. The second kappa shape index (κ2) is 7.34. The molecule has 1 fully saturated rings. The summed E-state index contributed by atoms with van der Waals surface area (Å²) in [7, 11) is 0. The molecule has 2 heterocycles. The van der Waals surface area contributed by atoms with Gasteiger partial charge in [0.25, 0.3) is 0 Å². The summed E-state index contributed by atoms with van der Waals surface area (Å²) in [5.74, 6) is -0.236. The molecule has 9 heteroatoms. The number of alkyl carbamates (subject to hydrolysis) is 1. The van der Waals surface area contributed by atoms with E-state index in [9.17, 15) is 9.59 Å². The summed E-state index contributed by atoms with van der Waals surface area (Å²) >= 11 is 0. The van der Waals surface area contributed by atoms with E-state index >= 15 is 0 Å². The molecule has 4 N–H and O–H groups in total. The maximum Gasteiger partial charge on any atom is 0.439 e. The summed E-state index contributed by atoms with van der Waals surface area (Å²) in [6.45, 7) is 7.00. The standard InChI is InChI=1S/C18H25N5O4/c1-18(2,3)26-16(24)20-12-6-8-23(9-7-12)14-10-11(4-5-13(14)19)15-21-17(25)27-22-15/h4-5,10,12H,6-9,19H2,1-3H3,(H,20,24)(H,21,22,25). The molecule has 0 aliphatic carbocycles. The van der Waals surface area contributed by atoms with Gasteiger partial charge in [-0.25, -0.2) is 9.59 Å². The third-order valence-corrected chi connectivity index (χ3v) is 4.30. The smallest absolute Gasteiger partial charge is 0.439 e. The van der Waals surface area contributed by atoms with Crippen LogP contribution in [0.2, 0.25) is 0 Å². The minimum Gasteiger partial charge on any atom is -0.444 e. The van der Waals surface area contributed by atoms with E-state index in [0.717, 1.165) is 37.2 Å². The number of nitrogen functional groups attached to an aromatic ring is 1. The van der Waals surface area contributed by atoms with Gasteiger partial charge in [0.2, 0.25) is 0 Å². The van der Waals surface area contributed by atoms with Crippen molar-refractivity contribution in [3.8, 4) is 11.4 Å². The van der Waals surface area contributed by atoms with E-state index in [1.165, 1.54) is 0 Å². The van der Waals surface area contributed by atoms with Crippen molar-refractivity contribution in [1.82, 2.24) is 15.5 Å². The molecule has 146 valence electrons. The molecule has 0 spiro atoms. The van der Waals surface area contributed by atoms with Gasteiger partial charge < -0.3 is 20.7 Å². The predicted octanol–water partition coefficient (Wildman–Crippen LogP) is 2.11. The van der Waals surface area contributed by atoms with Gasteiger partial charge in [-0.3, -0.25) is 9.51 Å². The number of carbonyl (C=O) groups excluding carboxylic acids is 1. The molecule has 0 atom stereocenters. The lowest BCUT2D eigenvalue weighted by atomic mass is 10.0. The van der Waals surface area contributed by atoms with E-state index in [2.05, 4.69) is 24.9 Å². The first kappa shape index (κ1) is 18.8. The number of nitrogens with one attached hydrogen (secondary N) is 2. The minimum atomic E-state index is -0.600. The third kappa shape index (κ3) is 4.81. The van der Waals surface area contributed by atoms with Crippen LogP contribution in [0, 0.1) is 0 Å². The molecular formula is C18H25N5O4. The lowest BCUT2D eigenvalue weighted by Gasteiger charge is -2.35. The minimum absolute atomic E-state index is 0.0624. The Morgan fingerprint density at radius 3 is 2.67 bits per heavy atom. The number of H-pyrrole nitrogens is 1. The number of aromatic amines is 1. The van der Waals surface area contributed by atoms with Gasteiger partial charge in [-0.1, -0.05) is 5.16 Å². The molecule has 1 aromatic heterocycles. The molecule has 27 heavy (non-hydrogen) atoms. The molecule has 3 rings (SSSR count). The molecule has 1 aliphatic heterocycles. The molecule has 1 aliphatic rings. The summed E-state index contributed by atoms with van der Waals surface area (Å²) in [6.07, 6.45) is 1.17. The number of hydrogen-bond donors (Lipinski definition) is 3. The van der Waals surface area contributed by atoms with Crippen molar-refractivity contribution < 1.29 is 14.1 Å². The van der Waals surface area contributed by atoms with Crippen LogP contribution >= 0.6 is 0 Å². The van der Waals surface area contributed by atoms with Crippen LogP contribution < -0.4 is 21.7 Å². The summed E-state index contributed by atoms with van der Waals surface area (Å²) in [6, 6.07) is 5.50. The number of ether oxygens (including phenoxy) is 1. The fourth-order valence-corrected chi connectivity index (χ4v) is 3.06. The van der Waals surface area contributed by atoms with Crippen molar-refractivity contribution in [3.05, 3.63) is 28.7 Å². The molecule has 1 amide bonds. The number of anilines is 2. The Kier molecular flexibility index (Phi) is 5.11. The van der Waals surface area contributed by atoms with E-state index in [0.29, 0.717) is 11.5 Å². The Morgan fingerprint density at radius 2 is 2.07 bits per heavy atom. The maximum atomic E-state index is 11.9. The Morgan fingerprint density at radius 1 is 1.37 bits per heavy atom. The molecule has 9 nitrogen and oxygen atoms in total. The number of nitrogens with two attached hydrogens (primary N) is 1. The van der Waals surface area contributed by atoms with E-state index in [4.69, 9.17) is 10.5 Å². The van der Waals surface area contributed by atoms with E-state index in [-0.39, 0.29) is 6.04 Å². The summed E-state index contributed by atoms with van der Waals surface area (Å²) in [5, 5.41) is 6.63. The maximum absolute atomic E-state index is 11.9. The van der Waals surface area contributed by atoms with Crippen LogP contribution in [-0.4, -0.2) is 41.0 Å². The van der Waals surface area contributed by atoms with Crippen molar-refractivity contribution in [1.29, 1.82) is 0 Å². The van der Waals surface area contributed by atoms with Gasteiger partial charge in [0, 0.05) is 24.7 Å². The molecule has 0 unspecified atom stereocenters. The Bertz CT molecular complexity index is 859. The molecule has 0 radical (unpaired) electrons. The SMILES string of the molecule is CC(C)(C)OC(=O)NC1CCN(c2cc(-c3noc(=O)[nH]3)ccc2N)CC1. The predicted molar refractivity (Wildman–Crippen MR) is 102 cm³/mol. The highest BCUT2D eigenvalue weighted by Gasteiger charge is 2.24. The van der Waals surface area contributed by atoms with Gasteiger partial charge in [-0.2, -0.15) is 0 Å². The van der Waals surface area contributed by atoms with E-state index in [1.807, 2.05) is 26.8 Å². The molecule has 2 aromatic rings. The third-order valence-electron chi connectivity index (χ3n) is 4.30. The van der Waals surface area contributed by atoms with Gasteiger partial charge in [0.1, 0.15) is 5.60 Å². The van der Waals surface area contributed by atoms with Crippen LogP contribution in [0.5, 0.6) is 0 Å². The van der Waals surface area contributed by atoms with Gasteiger partial charge >= 0.3 is 11.8 Å². The number of aromatic nitrogens is 2. The summed E-state index contributed by atoms with van der Waals surface area (Å²) in [5.41, 5.74) is 7.86. The Balaban J connectivity index is 1.64. The topological polar surface area (TPSA) is 126 Å². The number of rotatable bonds is 3. The number of carbonyl (C=O) groups is 1. The van der Waals surface area contributed by atoms with Gasteiger partial charge in [-0.05, 0) is 51.8 Å². The normalized spacial score (nSPS) is 15.6. The number of nitrogens with zero attached hydrogens (tertiary/aromatic N) is 2. The van der Waals surface area contributed by atoms with E-state index < -0.39 is 17.5 Å². The Labute approximate surface area is 156 Å². The number of amides is 1. The molecule has 1 aromatic carbocycles. The van der Waals surface area contributed by atoms with Crippen LogP contribution in [0.25, 0.3) is 11.4 Å². The number of benzene rings is 1. The fourth-order valence-electron chi connectivity index (χ4n) is 3.06.